The molecule has 0 unspecified atom stereocenters. The molecular formula is C16H24O2Si. The van der Waals surface area contributed by atoms with E-state index in [1.54, 1.807) is 13.8 Å². The Bertz CT molecular complexity index is 473. The minimum atomic E-state index is -2.00. The third-order valence-corrected chi connectivity index (χ3v) is 5.39. The van der Waals surface area contributed by atoms with Crippen molar-refractivity contribution in [1.82, 2.24) is 0 Å². The smallest absolute Gasteiger partial charge is 0.220 e. The average Bonchev–Trinajstić information content (AvgIpc) is 2.26. The molecule has 0 amide bonds. The van der Waals surface area contributed by atoms with Crippen LogP contribution < -0.4 is 5.19 Å². The van der Waals surface area contributed by atoms with Crippen LogP contribution in [0.25, 0.3) is 0 Å². The predicted molar refractivity (Wildman–Crippen MR) is 82.8 cm³/mol. The van der Waals surface area contributed by atoms with Crippen molar-refractivity contribution in [2.75, 3.05) is 0 Å². The van der Waals surface area contributed by atoms with Gasteiger partial charge in [-0.05, 0) is 46.0 Å². The van der Waals surface area contributed by atoms with Gasteiger partial charge in [-0.25, -0.2) is 0 Å². The third kappa shape index (κ3) is 5.60. The number of rotatable bonds is 3. The molecule has 0 aromatic heterocycles. The minimum absolute atomic E-state index is 0.564. The lowest BCUT2D eigenvalue weighted by Gasteiger charge is -2.32. The van der Waals surface area contributed by atoms with E-state index in [0.717, 1.165) is 0 Å². The Morgan fingerprint density at radius 3 is 2.00 bits per heavy atom. The molecule has 0 aliphatic carbocycles. The third-order valence-electron chi connectivity index (χ3n) is 2.65. The minimum Gasteiger partial charge on any atom is -0.397 e. The van der Waals surface area contributed by atoms with Gasteiger partial charge in [0.1, 0.15) is 11.2 Å². The van der Waals surface area contributed by atoms with Gasteiger partial charge < -0.3 is 9.53 Å². The second kappa shape index (κ2) is 5.50. The van der Waals surface area contributed by atoms with Crippen molar-refractivity contribution < 1.29 is 9.53 Å². The standard InChI is InChI=1S/C16H24O2Si/c1-15(2,17)12-13-16(3,4)18-19(5,6)14-10-8-7-9-11-14/h7-11,17H,1-6H3. The van der Waals surface area contributed by atoms with E-state index in [0.29, 0.717) is 0 Å². The van der Waals surface area contributed by atoms with Crippen LogP contribution in [-0.2, 0) is 4.43 Å². The zero-order valence-corrected chi connectivity index (χ0v) is 13.7. The van der Waals surface area contributed by atoms with E-state index in [9.17, 15) is 5.11 Å². The van der Waals surface area contributed by atoms with E-state index in [1.165, 1.54) is 5.19 Å². The number of aliphatic hydroxyl groups is 1. The zero-order valence-electron chi connectivity index (χ0n) is 12.7. The van der Waals surface area contributed by atoms with Crippen LogP contribution >= 0.6 is 0 Å². The van der Waals surface area contributed by atoms with Crippen LogP contribution in [0.4, 0.5) is 0 Å². The molecule has 19 heavy (non-hydrogen) atoms. The molecule has 0 aliphatic heterocycles. The molecule has 2 nitrogen and oxygen atoms in total. The summed E-state index contributed by atoms with van der Waals surface area (Å²) in [5.74, 6) is 5.88. The first-order valence-electron chi connectivity index (χ1n) is 6.54. The zero-order chi connectivity index (χ0) is 14.7. The molecule has 1 aromatic carbocycles. The van der Waals surface area contributed by atoms with Crippen LogP contribution in [0.5, 0.6) is 0 Å². The molecule has 0 bridgehead atoms. The van der Waals surface area contributed by atoms with Gasteiger partial charge in [-0.15, -0.1) is 0 Å². The van der Waals surface area contributed by atoms with Gasteiger partial charge >= 0.3 is 0 Å². The van der Waals surface area contributed by atoms with Gasteiger partial charge in [-0.1, -0.05) is 42.2 Å². The predicted octanol–water partition coefficient (Wildman–Crippen LogP) is 2.67. The molecule has 0 saturated heterocycles. The lowest BCUT2D eigenvalue weighted by atomic mass is 10.1. The number of hydrogen-bond donors (Lipinski definition) is 1. The summed E-state index contributed by atoms with van der Waals surface area (Å²) in [5, 5.41) is 10.9. The Morgan fingerprint density at radius 2 is 1.53 bits per heavy atom. The van der Waals surface area contributed by atoms with Crippen LogP contribution in [0.1, 0.15) is 27.7 Å². The molecule has 0 saturated carbocycles. The van der Waals surface area contributed by atoms with Crippen molar-refractivity contribution in [2.45, 2.75) is 52.0 Å². The highest BCUT2D eigenvalue weighted by Gasteiger charge is 2.32. The van der Waals surface area contributed by atoms with Gasteiger partial charge in [-0.2, -0.15) is 0 Å². The van der Waals surface area contributed by atoms with Gasteiger partial charge in [0.25, 0.3) is 0 Å². The van der Waals surface area contributed by atoms with Crippen molar-refractivity contribution >= 4 is 13.5 Å². The highest BCUT2D eigenvalue weighted by Crippen LogP contribution is 2.17. The van der Waals surface area contributed by atoms with Crippen molar-refractivity contribution in [2.24, 2.45) is 0 Å². The normalized spacial score (nSPS) is 12.8. The van der Waals surface area contributed by atoms with E-state index in [1.807, 2.05) is 32.0 Å². The Labute approximate surface area is 117 Å². The molecule has 3 heteroatoms. The van der Waals surface area contributed by atoms with Gasteiger partial charge in [0.15, 0.2) is 0 Å². The lowest BCUT2D eigenvalue weighted by molar-refractivity contribution is 0.138. The Morgan fingerprint density at radius 1 is 1.00 bits per heavy atom. The van der Waals surface area contributed by atoms with Crippen LogP contribution in [0.3, 0.4) is 0 Å². The van der Waals surface area contributed by atoms with E-state index in [2.05, 4.69) is 37.1 Å². The number of hydrogen-bond acceptors (Lipinski definition) is 2. The molecule has 104 valence electrons. The van der Waals surface area contributed by atoms with Crippen LogP contribution in [0.15, 0.2) is 30.3 Å². The van der Waals surface area contributed by atoms with E-state index < -0.39 is 19.5 Å². The highest BCUT2D eigenvalue weighted by molar-refractivity contribution is 6.84. The fraction of sp³-hybridized carbons (Fsp3) is 0.500. The first-order valence-corrected chi connectivity index (χ1v) is 9.45. The molecule has 1 rings (SSSR count). The molecule has 0 fully saturated rings. The molecule has 1 N–H and O–H groups in total. The molecule has 1 aromatic rings. The molecule has 0 radical (unpaired) electrons. The monoisotopic (exact) mass is 276 g/mol. The maximum absolute atomic E-state index is 9.68. The first-order chi connectivity index (χ1) is 8.52. The van der Waals surface area contributed by atoms with Crippen molar-refractivity contribution in [3.05, 3.63) is 30.3 Å². The highest BCUT2D eigenvalue weighted by atomic mass is 28.4. The summed E-state index contributed by atoms with van der Waals surface area (Å²) in [7, 11) is -2.00. The fourth-order valence-corrected chi connectivity index (χ4v) is 4.31. The number of benzene rings is 1. The summed E-state index contributed by atoms with van der Waals surface area (Å²) in [6.45, 7) is 11.6. The van der Waals surface area contributed by atoms with Crippen molar-refractivity contribution in [3.63, 3.8) is 0 Å². The molecule has 0 spiro atoms. The average molecular weight is 276 g/mol. The fourth-order valence-electron chi connectivity index (χ4n) is 1.87. The quantitative estimate of drug-likeness (QED) is 0.679. The van der Waals surface area contributed by atoms with Crippen LogP contribution in [0.2, 0.25) is 13.1 Å². The maximum atomic E-state index is 9.68. The summed E-state index contributed by atoms with van der Waals surface area (Å²) in [6.07, 6.45) is 0. The summed E-state index contributed by atoms with van der Waals surface area (Å²) in [5.41, 5.74) is -1.55. The summed E-state index contributed by atoms with van der Waals surface area (Å²) >= 11 is 0. The van der Waals surface area contributed by atoms with Crippen molar-refractivity contribution in [3.8, 4) is 11.8 Å². The van der Waals surface area contributed by atoms with Gasteiger partial charge in [0.05, 0.1) is 0 Å². The van der Waals surface area contributed by atoms with E-state index in [4.69, 9.17) is 4.43 Å². The van der Waals surface area contributed by atoms with Gasteiger partial charge in [-0.3, -0.25) is 0 Å². The molecule has 0 atom stereocenters. The SMILES string of the molecule is CC(C)(O)C#CC(C)(C)O[Si](C)(C)c1ccccc1. The van der Waals surface area contributed by atoms with Crippen LogP contribution in [-0.4, -0.2) is 24.6 Å². The van der Waals surface area contributed by atoms with Gasteiger partial charge in [0.2, 0.25) is 8.32 Å². The second-order valence-electron chi connectivity index (χ2n) is 6.30. The summed E-state index contributed by atoms with van der Waals surface area (Å²) in [6, 6.07) is 10.3. The first kappa shape index (κ1) is 16.0. The summed E-state index contributed by atoms with van der Waals surface area (Å²) in [4.78, 5) is 0. The maximum Gasteiger partial charge on any atom is 0.220 e. The Kier molecular flexibility index (Phi) is 4.62. The van der Waals surface area contributed by atoms with E-state index in [-0.39, 0.29) is 0 Å². The van der Waals surface area contributed by atoms with Gasteiger partial charge in [0, 0.05) is 0 Å². The molecule has 0 aliphatic rings. The van der Waals surface area contributed by atoms with Crippen LogP contribution in [0, 0.1) is 11.8 Å². The second-order valence-corrected chi connectivity index (χ2v) is 10.1. The topological polar surface area (TPSA) is 29.5 Å². The summed E-state index contributed by atoms with van der Waals surface area (Å²) < 4.78 is 6.26. The largest absolute Gasteiger partial charge is 0.397 e. The lowest BCUT2D eigenvalue weighted by Crippen LogP contribution is -2.50. The Hall–Kier alpha value is -1.08. The van der Waals surface area contributed by atoms with E-state index >= 15 is 0 Å². The van der Waals surface area contributed by atoms with Crippen molar-refractivity contribution in [1.29, 1.82) is 0 Å². The molecule has 0 heterocycles. The molecular weight excluding hydrogens is 252 g/mol. The Balaban J connectivity index is 2.91.